The fourth-order valence-electron chi connectivity index (χ4n) is 3.60. The second-order valence-electron chi connectivity index (χ2n) is 5.31. The molecular formula is C17H28. The molecule has 0 N–H and O–H groups in total. The van der Waals surface area contributed by atoms with Gasteiger partial charge in [0.25, 0.3) is 0 Å². The van der Waals surface area contributed by atoms with Gasteiger partial charge < -0.3 is 0 Å². The average Bonchev–Trinajstić information content (AvgIpc) is 2.79. The SMILES string of the molecule is C#C.C=C.C=C1CCC[C@@H]2[C@@H](C(C)C)CC[C@@H]12. The summed E-state index contributed by atoms with van der Waals surface area (Å²) in [7, 11) is 0. The Bertz CT molecular complexity index is 246. The summed E-state index contributed by atoms with van der Waals surface area (Å²) in [5.74, 6) is 3.80. The lowest BCUT2D eigenvalue weighted by atomic mass is 9.73. The van der Waals surface area contributed by atoms with Crippen LogP contribution < -0.4 is 0 Å². The predicted molar refractivity (Wildman–Crippen MR) is 78.7 cm³/mol. The van der Waals surface area contributed by atoms with Gasteiger partial charge in [-0.25, -0.2) is 0 Å². The largest absolute Gasteiger partial charge is 0.124 e. The van der Waals surface area contributed by atoms with Crippen molar-refractivity contribution in [3.63, 3.8) is 0 Å². The van der Waals surface area contributed by atoms with Gasteiger partial charge in [0.15, 0.2) is 0 Å². The van der Waals surface area contributed by atoms with Gasteiger partial charge in [-0.3, -0.25) is 0 Å². The first-order valence-electron chi connectivity index (χ1n) is 6.71. The Morgan fingerprint density at radius 1 is 1.12 bits per heavy atom. The highest BCUT2D eigenvalue weighted by Crippen LogP contribution is 2.50. The molecule has 2 aliphatic carbocycles. The maximum atomic E-state index is 4.25. The summed E-state index contributed by atoms with van der Waals surface area (Å²) in [5, 5.41) is 0. The first-order valence-corrected chi connectivity index (χ1v) is 6.71. The molecule has 17 heavy (non-hydrogen) atoms. The Morgan fingerprint density at radius 3 is 2.24 bits per heavy atom. The number of allylic oxidation sites excluding steroid dienone is 1. The van der Waals surface area contributed by atoms with Crippen molar-refractivity contribution in [2.24, 2.45) is 23.7 Å². The number of terminal acetylenes is 1. The number of fused-ring (bicyclic) bond motifs is 1. The van der Waals surface area contributed by atoms with E-state index in [2.05, 4.69) is 46.4 Å². The molecule has 0 amide bonds. The molecule has 96 valence electrons. The summed E-state index contributed by atoms with van der Waals surface area (Å²) in [4.78, 5) is 0. The Balaban J connectivity index is 0.000000581. The van der Waals surface area contributed by atoms with Crippen molar-refractivity contribution in [1.82, 2.24) is 0 Å². The predicted octanol–water partition coefficient (Wildman–Crippen LogP) is 5.08. The van der Waals surface area contributed by atoms with E-state index in [1.54, 1.807) is 5.57 Å². The van der Waals surface area contributed by atoms with E-state index < -0.39 is 0 Å². The van der Waals surface area contributed by atoms with Crippen LogP contribution in [0.3, 0.4) is 0 Å². The highest BCUT2D eigenvalue weighted by molar-refractivity contribution is 5.10. The Hall–Kier alpha value is -0.960. The third kappa shape index (κ3) is 3.77. The summed E-state index contributed by atoms with van der Waals surface area (Å²) < 4.78 is 0. The van der Waals surface area contributed by atoms with Gasteiger partial charge in [0.2, 0.25) is 0 Å². The summed E-state index contributed by atoms with van der Waals surface area (Å²) in [6, 6.07) is 0. The molecule has 2 saturated carbocycles. The Labute approximate surface area is 108 Å². The van der Waals surface area contributed by atoms with Gasteiger partial charge in [-0.1, -0.05) is 26.0 Å². The second kappa shape index (κ2) is 8.18. The lowest BCUT2D eigenvalue weighted by Crippen LogP contribution is -2.23. The second-order valence-corrected chi connectivity index (χ2v) is 5.31. The van der Waals surface area contributed by atoms with E-state index in [-0.39, 0.29) is 0 Å². The molecular weight excluding hydrogens is 204 g/mol. The van der Waals surface area contributed by atoms with Crippen LogP contribution in [-0.4, -0.2) is 0 Å². The van der Waals surface area contributed by atoms with Crippen LogP contribution in [0.2, 0.25) is 0 Å². The zero-order valence-corrected chi connectivity index (χ0v) is 11.6. The fourth-order valence-corrected chi connectivity index (χ4v) is 3.60. The molecule has 0 heterocycles. The Morgan fingerprint density at radius 2 is 1.71 bits per heavy atom. The first-order chi connectivity index (χ1) is 8.20. The lowest BCUT2D eigenvalue weighted by Gasteiger charge is -2.32. The highest BCUT2D eigenvalue weighted by atomic mass is 14.4. The molecule has 0 aromatic rings. The summed E-state index contributed by atoms with van der Waals surface area (Å²) in [6.07, 6.45) is 15.1. The van der Waals surface area contributed by atoms with E-state index in [9.17, 15) is 0 Å². The summed E-state index contributed by atoms with van der Waals surface area (Å²) >= 11 is 0. The van der Waals surface area contributed by atoms with Crippen molar-refractivity contribution in [2.45, 2.75) is 46.0 Å². The van der Waals surface area contributed by atoms with Gasteiger partial charge in [0, 0.05) is 0 Å². The fraction of sp³-hybridized carbons (Fsp3) is 0.647. The third-order valence-corrected chi connectivity index (χ3v) is 4.29. The molecule has 0 aliphatic heterocycles. The molecule has 0 spiro atoms. The van der Waals surface area contributed by atoms with Gasteiger partial charge in [-0.2, -0.15) is 0 Å². The van der Waals surface area contributed by atoms with Crippen molar-refractivity contribution in [3.05, 3.63) is 25.3 Å². The van der Waals surface area contributed by atoms with E-state index >= 15 is 0 Å². The van der Waals surface area contributed by atoms with Crippen LogP contribution in [0, 0.1) is 36.5 Å². The van der Waals surface area contributed by atoms with E-state index in [0.29, 0.717) is 0 Å². The van der Waals surface area contributed by atoms with Crippen molar-refractivity contribution in [3.8, 4) is 12.8 Å². The molecule has 0 unspecified atom stereocenters. The van der Waals surface area contributed by atoms with Crippen molar-refractivity contribution in [1.29, 1.82) is 0 Å². The minimum atomic E-state index is 0.890. The first kappa shape index (κ1) is 16.0. The normalized spacial score (nSPS) is 30.6. The third-order valence-electron chi connectivity index (χ3n) is 4.29. The van der Waals surface area contributed by atoms with Gasteiger partial charge in [-0.05, 0) is 55.8 Å². The van der Waals surface area contributed by atoms with Gasteiger partial charge in [-0.15, -0.1) is 26.0 Å². The van der Waals surface area contributed by atoms with Crippen LogP contribution >= 0.6 is 0 Å². The smallest absolute Gasteiger partial charge is 0.0175 e. The van der Waals surface area contributed by atoms with Crippen LogP contribution in [0.5, 0.6) is 0 Å². The van der Waals surface area contributed by atoms with Crippen molar-refractivity contribution >= 4 is 0 Å². The minimum Gasteiger partial charge on any atom is -0.124 e. The van der Waals surface area contributed by atoms with Gasteiger partial charge in [0.05, 0.1) is 0 Å². The maximum absolute atomic E-state index is 4.25. The Kier molecular flexibility index (Phi) is 7.72. The van der Waals surface area contributed by atoms with E-state index in [1.165, 1.54) is 32.1 Å². The van der Waals surface area contributed by atoms with Crippen molar-refractivity contribution in [2.75, 3.05) is 0 Å². The molecule has 0 nitrogen and oxygen atoms in total. The molecule has 0 saturated heterocycles. The molecule has 0 heteroatoms. The van der Waals surface area contributed by atoms with E-state index in [1.807, 2.05) is 0 Å². The van der Waals surface area contributed by atoms with E-state index in [4.69, 9.17) is 0 Å². The summed E-state index contributed by atoms with van der Waals surface area (Å²) in [6.45, 7) is 15.0. The quantitative estimate of drug-likeness (QED) is 0.437. The zero-order valence-electron chi connectivity index (χ0n) is 11.6. The number of rotatable bonds is 1. The van der Waals surface area contributed by atoms with Crippen LogP contribution in [0.4, 0.5) is 0 Å². The molecule has 3 atom stereocenters. The molecule has 0 bridgehead atoms. The van der Waals surface area contributed by atoms with Crippen molar-refractivity contribution < 1.29 is 0 Å². The average molecular weight is 232 g/mol. The molecule has 0 radical (unpaired) electrons. The lowest BCUT2D eigenvalue weighted by molar-refractivity contribution is 0.229. The molecule has 2 rings (SSSR count). The molecule has 2 aliphatic rings. The van der Waals surface area contributed by atoms with Gasteiger partial charge in [0.1, 0.15) is 0 Å². The van der Waals surface area contributed by atoms with Gasteiger partial charge >= 0.3 is 0 Å². The van der Waals surface area contributed by atoms with Crippen LogP contribution in [0.25, 0.3) is 0 Å². The number of hydrogen-bond donors (Lipinski definition) is 0. The zero-order chi connectivity index (χ0) is 13.4. The molecule has 0 aromatic heterocycles. The monoisotopic (exact) mass is 232 g/mol. The van der Waals surface area contributed by atoms with Crippen LogP contribution in [-0.2, 0) is 0 Å². The van der Waals surface area contributed by atoms with Crippen LogP contribution in [0.1, 0.15) is 46.0 Å². The maximum Gasteiger partial charge on any atom is -0.0175 e. The molecule has 0 aromatic carbocycles. The number of hydrogen-bond acceptors (Lipinski definition) is 0. The molecule has 2 fully saturated rings. The minimum absolute atomic E-state index is 0.890. The van der Waals surface area contributed by atoms with Crippen LogP contribution in [0.15, 0.2) is 25.3 Å². The topological polar surface area (TPSA) is 0 Å². The van der Waals surface area contributed by atoms with E-state index in [0.717, 1.165) is 23.7 Å². The highest BCUT2D eigenvalue weighted by Gasteiger charge is 2.39. The summed E-state index contributed by atoms with van der Waals surface area (Å²) in [5.41, 5.74) is 1.57. The standard InChI is InChI=1S/C13H22.C2H4.C2H2/c1-9(2)11-7-8-12-10(3)5-4-6-13(11)12;2*1-2/h9,11-13H,3-8H2,1-2H3;1-2H2;1-2H/t11-,12+,13-;;/m1../s1.